The summed E-state index contributed by atoms with van der Waals surface area (Å²) >= 11 is 0. The molecule has 6 nitrogen and oxygen atoms in total. The summed E-state index contributed by atoms with van der Waals surface area (Å²) in [6.07, 6.45) is 0. The van der Waals surface area contributed by atoms with Gasteiger partial charge >= 0.3 is 5.97 Å². The number of nitrogens with two attached hydrogens (primary N) is 1. The average Bonchev–Trinajstić information content (AvgIpc) is 2.21. The van der Waals surface area contributed by atoms with Gasteiger partial charge in [-0.25, -0.2) is 0 Å². The summed E-state index contributed by atoms with van der Waals surface area (Å²) in [5.41, 5.74) is 5.19. The van der Waals surface area contributed by atoms with Crippen LogP contribution in [0.2, 0.25) is 0 Å². The summed E-state index contributed by atoms with van der Waals surface area (Å²) in [7, 11) is 1.57. The first-order valence-corrected chi connectivity index (χ1v) is 4.32. The van der Waals surface area contributed by atoms with E-state index in [0.29, 0.717) is 19.8 Å². The van der Waals surface area contributed by atoms with Crippen molar-refractivity contribution in [3.8, 4) is 0 Å². The fraction of sp³-hybridized carbons (Fsp3) is 0.875. The SMILES string of the molecule is COCCOCCOC(=O)[C@@H](N)CO. The lowest BCUT2D eigenvalue weighted by molar-refractivity contribution is -0.147. The molecule has 0 unspecified atom stereocenters. The molecule has 0 aliphatic heterocycles. The van der Waals surface area contributed by atoms with Crippen molar-refractivity contribution in [1.82, 2.24) is 0 Å². The van der Waals surface area contributed by atoms with E-state index in [2.05, 4.69) is 4.74 Å². The summed E-state index contributed by atoms with van der Waals surface area (Å²) in [6, 6.07) is -0.964. The number of aliphatic hydroxyl groups is 1. The van der Waals surface area contributed by atoms with Gasteiger partial charge in [0.1, 0.15) is 12.6 Å². The largest absolute Gasteiger partial charge is 0.462 e. The molecule has 0 aromatic heterocycles. The van der Waals surface area contributed by atoms with Crippen molar-refractivity contribution in [3.05, 3.63) is 0 Å². The van der Waals surface area contributed by atoms with Crippen LogP contribution in [0.25, 0.3) is 0 Å². The number of methoxy groups -OCH3 is 1. The minimum atomic E-state index is -0.964. The van der Waals surface area contributed by atoms with Gasteiger partial charge in [0, 0.05) is 7.11 Å². The zero-order valence-corrected chi connectivity index (χ0v) is 8.27. The summed E-state index contributed by atoms with van der Waals surface area (Å²) in [5, 5.41) is 8.50. The van der Waals surface area contributed by atoms with E-state index in [1.54, 1.807) is 7.11 Å². The molecule has 0 rings (SSSR count). The Morgan fingerprint density at radius 3 is 2.57 bits per heavy atom. The fourth-order valence-corrected chi connectivity index (χ4v) is 0.627. The average molecular weight is 207 g/mol. The molecule has 0 aromatic carbocycles. The molecule has 0 saturated carbocycles. The van der Waals surface area contributed by atoms with Crippen molar-refractivity contribution in [1.29, 1.82) is 0 Å². The van der Waals surface area contributed by atoms with E-state index in [9.17, 15) is 4.79 Å². The predicted octanol–water partition coefficient (Wildman–Crippen LogP) is -1.49. The number of carbonyl (C=O) groups is 1. The molecular formula is C8H17NO5. The second-order valence-corrected chi connectivity index (χ2v) is 2.56. The number of hydrogen-bond acceptors (Lipinski definition) is 6. The molecular weight excluding hydrogens is 190 g/mol. The second-order valence-electron chi connectivity index (χ2n) is 2.56. The lowest BCUT2D eigenvalue weighted by atomic mass is 10.3. The molecule has 0 aliphatic rings. The van der Waals surface area contributed by atoms with Gasteiger partial charge in [-0.2, -0.15) is 0 Å². The maximum Gasteiger partial charge on any atom is 0.325 e. The smallest absolute Gasteiger partial charge is 0.325 e. The van der Waals surface area contributed by atoms with Crippen LogP contribution in [0, 0.1) is 0 Å². The summed E-state index contributed by atoms with van der Waals surface area (Å²) in [6.45, 7) is 0.983. The number of aliphatic hydroxyl groups excluding tert-OH is 1. The topological polar surface area (TPSA) is 91.0 Å². The monoisotopic (exact) mass is 207 g/mol. The quantitative estimate of drug-likeness (QED) is 0.372. The lowest BCUT2D eigenvalue weighted by Crippen LogP contribution is -2.36. The van der Waals surface area contributed by atoms with Gasteiger partial charge in [0.05, 0.1) is 26.4 Å². The van der Waals surface area contributed by atoms with E-state index >= 15 is 0 Å². The van der Waals surface area contributed by atoms with Crippen LogP contribution in [0.1, 0.15) is 0 Å². The van der Waals surface area contributed by atoms with E-state index in [4.69, 9.17) is 20.3 Å². The third-order valence-electron chi connectivity index (χ3n) is 1.40. The molecule has 0 saturated heterocycles. The first-order valence-electron chi connectivity index (χ1n) is 4.32. The van der Waals surface area contributed by atoms with Crippen molar-refractivity contribution < 1.29 is 24.1 Å². The zero-order valence-electron chi connectivity index (χ0n) is 8.27. The van der Waals surface area contributed by atoms with E-state index in [-0.39, 0.29) is 6.61 Å². The number of ether oxygens (including phenoxy) is 3. The molecule has 84 valence electrons. The molecule has 3 N–H and O–H groups in total. The van der Waals surface area contributed by atoms with Gasteiger partial charge < -0.3 is 25.1 Å². The van der Waals surface area contributed by atoms with Crippen LogP contribution in [-0.4, -0.2) is 57.3 Å². The number of rotatable bonds is 8. The Morgan fingerprint density at radius 1 is 1.36 bits per heavy atom. The van der Waals surface area contributed by atoms with Gasteiger partial charge in [0.25, 0.3) is 0 Å². The van der Waals surface area contributed by atoms with E-state index < -0.39 is 18.6 Å². The standard InChI is InChI=1S/C8H17NO5/c1-12-2-3-13-4-5-14-8(11)7(9)6-10/h7,10H,2-6,9H2,1H3/t7-/m0/s1. The van der Waals surface area contributed by atoms with Gasteiger partial charge in [-0.15, -0.1) is 0 Å². The van der Waals surface area contributed by atoms with Crippen molar-refractivity contribution >= 4 is 5.97 Å². The molecule has 0 heterocycles. The Balaban J connectivity index is 3.23. The highest BCUT2D eigenvalue weighted by atomic mass is 16.6. The van der Waals surface area contributed by atoms with Crippen molar-refractivity contribution in [2.45, 2.75) is 6.04 Å². The Morgan fingerprint density at radius 2 is 2.00 bits per heavy atom. The van der Waals surface area contributed by atoms with E-state index in [0.717, 1.165) is 0 Å². The fourth-order valence-electron chi connectivity index (χ4n) is 0.627. The lowest BCUT2D eigenvalue weighted by Gasteiger charge is -2.08. The molecule has 0 aliphatic carbocycles. The molecule has 0 bridgehead atoms. The highest BCUT2D eigenvalue weighted by Crippen LogP contribution is 1.85. The predicted molar refractivity (Wildman–Crippen MR) is 48.7 cm³/mol. The minimum absolute atomic E-state index is 0.135. The zero-order chi connectivity index (χ0) is 10.8. The van der Waals surface area contributed by atoms with Gasteiger partial charge in [0.2, 0.25) is 0 Å². The summed E-state index contributed by atoms with van der Waals surface area (Å²) < 4.78 is 14.5. The Labute approximate surface area is 82.9 Å². The Bertz CT molecular complexity index is 153. The van der Waals surface area contributed by atoms with Crippen LogP contribution < -0.4 is 5.73 Å². The third kappa shape index (κ3) is 6.79. The van der Waals surface area contributed by atoms with Crippen molar-refractivity contribution in [3.63, 3.8) is 0 Å². The molecule has 0 aromatic rings. The van der Waals surface area contributed by atoms with Crippen LogP contribution in [0.5, 0.6) is 0 Å². The molecule has 0 amide bonds. The summed E-state index contributed by atoms with van der Waals surface area (Å²) in [4.78, 5) is 10.9. The maximum absolute atomic E-state index is 10.9. The molecule has 14 heavy (non-hydrogen) atoms. The minimum Gasteiger partial charge on any atom is -0.462 e. The van der Waals surface area contributed by atoms with Gasteiger partial charge in [-0.05, 0) is 0 Å². The van der Waals surface area contributed by atoms with Gasteiger partial charge in [0.15, 0.2) is 0 Å². The van der Waals surface area contributed by atoms with Crippen molar-refractivity contribution in [2.24, 2.45) is 5.73 Å². The van der Waals surface area contributed by atoms with Gasteiger partial charge in [-0.1, -0.05) is 0 Å². The normalized spacial score (nSPS) is 12.5. The van der Waals surface area contributed by atoms with Crippen LogP contribution in [0.4, 0.5) is 0 Å². The summed E-state index contributed by atoms with van der Waals surface area (Å²) in [5.74, 6) is -0.622. The highest BCUT2D eigenvalue weighted by Gasteiger charge is 2.12. The van der Waals surface area contributed by atoms with Crippen LogP contribution in [-0.2, 0) is 19.0 Å². The first-order chi connectivity index (χ1) is 6.72. The molecule has 0 spiro atoms. The molecule has 0 radical (unpaired) electrons. The van der Waals surface area contributed by atoms with Gasteiger partial charge in [-0.3, -0.25) is 4.79 Å². The van der Waals surface area contributed by atoms with Crippen molar-refractivity contribution in [2.75, 3.05) is 40.1 Å². The number of hydrogen-bond donors (Lipinski definition) is 2. The van der Waals surface area contributed by atoms with E-state index in [1.807, 2.05) is 0 Å². The van der Waals surface area contributed by atoms with Crippen LogP contribution in [0.15, 0.2) is 0 Å². The third-order valence-corrected chi connectivity index (χ3v) is 1.40. The van der Waals surface area contributed by atoms with E-state index in [1.165, 1.54) is 0 Å². The number of carbonyl (C=O) groups excluding carboxylic acids is 1. The first kappa shape index (κ1) is 13.3. The second kappa shape index (κ2) is 8.89. The molecule has 6 heteroatoms. The highest BCUT2D eigenvalue weighted by molar-refractivity contribution is 5.75. The maximum atomic E-state index is 10.9. The number of esters is 1. The van der Waals surface area contributed by atoms with Crippen LogP contribution in [0.3, 0.4) is 0 Å². The Hall–Kier alpha value is -0.690. The molecule has 1 atom stereocenters. The van der Waals surface area contributed by atoms with Crippen LogP contribution >= 0.6 is 0 Å². The Kier molecular flexibility index (Phi) is 8.45. The molecule has 0 fully saturated rings.